The fourth-order valence-corrected chi connectivity index (χ4v) is 6.67. The lowest BCUT2D eigenvalue weighted by atomic mass is 9.88. The summed E-state index contributed by atoms with van der Waals surface area (Å²) in [7, 11) is 2.18. The number of hydrogen-bond donors (Lipinski definition) is 0. The van der Waals surface area contributed by atoms with Crippen molar-refractivity contribution in [1.29, 1.82) is 0 Å². The molecule has 0 radical (unpaired) electrons. The molecule has 204 valence electrons. The molecule has 0 bridgehead atoms. The lowest BCUT2D eigenvalue weighted by molar-refractivity contribution is -0.659. The van der Waals surface area contributed by atoms with Gasteiger partial charge in [0.1, 0.15) is 23.9 Å². The number of hydrogen-bond acceptors (Lipinski definition) is 1. The fraction of sp³-hybridized carbons (Fsp3) is 0.243. The number of rotatable bonds is 5. The van der Waals surface area contributed by atoms with Gasteiger partial charge in [-0.15, -0.1) is 0 Å². The monoisotopic (exact) mass is 537 g/mol. The zero-order chi connectivity index (χ0) is 28.4. The largest absolute Gasteiger partial charge is 0.296 e. The van der Waals surface area contributed by atoms with Gasteiger partial charge in [0.15, 0.2) is 0 Å². The number of aryl methyl sites for hydroxylation is 2. The summed E-state index contributed by atoms with van der Waals surface area (Å²) in [5.74, 6) is 3.06. The Morgan fingerprint density at radius 1 is 0.805 bits per heavy atom. The van der Waals surface area contributed by atoms with Crippen molar-refractivity contribution in [3.8, 4) is 33.9 Å². The summed E-state index contributed by atoms with van der Waals surface area (Å²) in [4.78, 5) is 5.03. The van der Waals surface area contributed by atoms with Crippen molar-refractivity contribution in [2.24, 2.45) is 7.05 Å². The van der Waals surface area contributed by atoms with Crippen LogP contribution in [0, 0.1) is 6.92 Å². The first-order valence-corrected chi connectivity index (χ1v) is 14.7. The predicted octanol–water partition coefficient (Wildman–Crippen LogP) is 8.43. The van der Waals surface area contributed by atoms with E-state index < -0.39 is 0 Å². The van der Waals surface area contributed by atoms with Crippen LogP contribution in [0.25, 0.3) is 44.9 Å². The molecule has 4 aromatic carbocycles. The Balaban J connectivity index is 1.48. The van der Waals surface area contributed by atoms with Crippen molar-refractivity contribution in [2.45, 2.75) is 52.9 Å². The maximum atomic E-state index is 5.03. The van der Waals surface area contributed by atoms with Crippen molar-refractivity contribution >= 4 is 11.0 Å². The minimum absolute atomic E-state index is 0.366. The first kappa shape index (κ1) is 25.5. The Kier molecular flexibility index (Phi) is 5.97. The van der Waals surface area contributed by atoms with Crippen LogP contribution in [0.3, 0.4) is 0 Å². The molecule has 0 saturated carbocycles. The summed E-state index contributed by atoms with van der Waals surface area (Å²) in [6.07, 6.45) is 5.29. The molecular weight excluding hydrogens is 500 g/mol. The maximum Gasteiger partial charge on any atom is 0.294 e. The van der Waals surface area contributed by atoms with Crippen LogP contribution in [0.1, 0.15) is 67.6 Å². The summed E-state index contributed by atoms with van der Waals surface area (Å²) in [5, 5.41) is 0. The standard InChI is InChI=1S/C37H37N4/c1-23(2)28-20-27(26-12-8-7-9-13-26)21-29(24(3)4)36(28)40-19-18-39(6)37(40)35-25(5)16-17-32-30(35)22-34-38-31-14-10-11-15-33(31)41(32)34/h7-21,23-24H,22H2,1-6H3/q+1. The van der Waals surface area contributed by atoms with Gasteiger partial charge in [0.05, 0.1) is 29.3 Å². The van der Waals surface area contributed by atoms with Crippen LogP contribution in [-0.2, 0) is 13.5 Å². The van der Waals surface area contributed by atoms with Gasteiger partial charge in [0.2, 0.25) is 0 Å². The van der Waals surface area contributed by atoms with E-state index in [0.717, 1.165) is 17.8 Å². The summed E-state index contributed by atoms with van der Waals surface area (Å²) in [5.41, 5.74) is 14.0. The molecule has 3 heterocycles. The van der Waals surface area contributed by atoms with E-state index in [1.165, 1.54) is 61.7 Å². The molecule has 1 aliphatic heterocycles. The van der Waals surface area contributed by atoms with E-state index in [0.29, 0.717) is 11.8 Å². The van der Waals surface area contributed by atoms with Crippen LogP contribution in [0.4, 0.5) is 0 Å². The molecule has 4 heteroatoms. The number of aromatic nitrogens is 4. The van der Waals surface area contributed by atoms with Gasteiger partial charge in [-0.05, 0) is 71.3 Å². The lowest BCUT2D eigenvalue weighted by Crippen LogP contribution is -2.30. The van der Waals surface area contributed by atoms with E-state index >= 15 is 0 Å². The number of nitrogens with zero attached hydrogens (tertiary/aromatic N) is 4. The maximum absolute atomic E-state index is 5.03. The molecule has 0 saturated heterocycles. The first-order valence-electron chi connectivity index (χ1n) is 14.7. The summed E-state index contributed by atoms with van der Waals surface area (Å²) < 4.78 is 7.11. The number of para-hydroxylation sites is 2. The van der Waals surface area contributed by atoms with Crippen LogP contribution < -0.4 is 4.57 Å². The van der Waals surface area contributed by atoms with Crippen LogP contribution in [0.2, 0.25) is 0 Å². The van der Waals surface area contributed by atoms with Gasteiger partial charge in [-0.25, -0.2) is 9.55 Å². The highest BCUT2D eigenvalue weighted by Crippen LogP contribution is 2.42. The Morgan fingerprint density at radius 3 is 2.20 bits per heavy atom. The van der Waals surface area contributed by atoms with Gasteiger partial charge in [0, 0.05) is 17.5 Å². The van der Waals surface area contributed by atoms with Crippen molar-refractivity contribution < 1.29 is 4.57 Å². The van der Waals surface area contributed by atoms with Crippen molar-refractivity contribution in [2.75, 3.05) is 0 Å². The lowest BCUT2D eigenvalue weighted by Gasteiger charge is -2.21. The molecule has 0 amide bonds. The van der Waals surface area contributed by atoms with Crippen molar-refractivity contribution in [3.05, 3.63) is 119 Å². The second-order valence-corrected chi connectivity index (χ2v) is 12.1. The van der Waals surface area contributed by atoms with Gasteiger partial charge in [-0.2, -0.15) is 4.57 Å². The minimum Gasteiger partial charge on any atom is -0.296 e. The minimum atomic E-state index is 0.366. The molecule has 0 atom stereocenters. The van der Waals surface area contributed by atoms with E-state index in [2.05, 4.69) is 147 Å². The first-order chi connectivity index (χ1) is 19.8. The van der Waals surface area contributed by atoms with E-state index in [1.54, 1.807) is 0 Å². The molecule has 1 aliphatic rings. The zero-order valence-electron chi connectivity index (χ0n) is 24.8. The number of benzene rings is 4. The normalized spacial score (nSPS) is 12.5. The predicted molar refractivity (Wildman–Crippen MR) is 168 cm³/mol. The highest BCUT2D eigenvalue weighted by molar-refractivity contribution is 5.83. The molecule has 0 fully saturated rings. The van der Waals surface area contributed by atoms with Crippen molar-refractivity contribution in [1.82, 2.24) is 14.1 Å². The quantitative estimate of drug-likeness (QED) is 0.202. The van der Waals surface area contributed by atoms with Crippen LogP contribution in [0.5, 0.6) is 0 Å². The molecule has 41 heavy (non-hydrogen) atoms. The number of imidazole rings is 2. The van der Waals surface area contributed by atoms with Crippen molar-refractivity contribution in [3.63, 3.8) is 0 Å². The second kappa shape index (κ2) is 9.59. The van der Waals surface area contributed by atoms with Crippen LogP contribution in [0.15, 0.2) is 91.3 Å². The number of fused-ring (bicyclic) bond motifs is 5. The topological polar surface area (TPSA) is 26.6 Å². The highest BCUT2D eigenvalue weighted by atomic mass is 15.2. The Hall–Kier alpha value is -4.44. The van der Waals surface area contributed by atoms with E-state index in [-0.39, 0.29) is 0 Å². The molecule has 7 rings (SSSR count). The Labute approximate surface area is 242 Å². The third-order valence-electron chi connectivity index (χ3n) is 8.69. The molecule has 4 nitrogen and oxygen atoms in total. The summed E-state index contributed by atoms with van der Waals surface area (Å²) in [6.45, 7) is 11.5. The molecule has 0 unspecified atom stereocenters. The van der Waals surface area contributed by atoms with Gasteiger partial charge >= 0.3 is 0 Å². The third kappa shape index (κ3) is 3.96. The van der Waals surface area contributed by atoms with E-state index in [9.17, 15) is 0 Å². The average molecular weight is 538 g/mol. The zero-order valence-corrected chi connectivity index (χ0v) is 24.8. The second-order valence-electron chi connectivity index (χ2n) is 12.1. The molecule has 0 spiro atoms. The van der Waals surface area contributed by atoms with E-state index in [4.69, 9.17) is 4.98 Å². The van der Waals surface area contributed by atoms with Gasteiger partial charge in [-0.1, -0.05) is 76.2 Å². The smallest absolute Gasteiger partial charge is 0.294 e. The third-order valence-corrected chi connectivity index (χ3v) is 8.69. The van der Waals surface area contributed by atoms with Gasteiger partial charge in [-0.3, -0.25) is 4.57 Å². The van der Waals surface area contributed by atoms with Crippen LogP contribution in [-0.4, -0.2) is 14.1 Å². The SMILES string of the molecule is Cc1ccc2c(c1-c1n(-c3c(C(C)C)cc(-c4ccccc4)cc3C(C)C)cc[n+]1C)Cc1nc3ccccc3n1-2. The molecule has 0 aliphatic carbocycles. The van der Waals surface area contributed by atoms with Gasteiger partial charge in [0.25, 0.3) is 5.82 Å². The Morgan fingerprint density at radius 2 is 1.49 bits per heavy atom. The van der Waals surface area contributed by atoms with E-state index in [1.807, 2.05) is 0 Å². The van der Waals surface area contributed by atoms with Gasteiger partial charge < -0.3 is 0 Å². The molecule has 2 aromatic heterocycles. The summed E-state index contributed by atoms with van der Waals surface area (Å²) in [6, 6.07) is 28.6. The summed E-state index contributed by atoms with van der Waals surface area (Å²) >= 11 is 0. The van der Waals surface area contributed by atoms with Crippen LogP contribution >= 0.6 is 0 Å². The fourth-order valence-electron chi connectivity index (χ4n) is 6.67. The average Bonchev–Trinajstić information content (AvgIpc) is 3.64. The highest BCUT2D eigenvalue weighted by Gasteiger charge is 2.33. The molecule has 0 N–H and O–H groups in total. The molecule has 6 aromatic rings. The molecular formula is C37H37N4+. The Bertz CT molecular complexity index is 1910.